The van der Waals surface area contributed by atoms with Crippen molar-refractivity contribution in [2.45, 2.75) is 30.3 Å². The van der Waals surface area contributed by atoms with E-state index in [0.717, 1.165) is 24.9 Å². The van der Waals surface area contributed by atoms with E-state index >= 15 is 0 Å². The molecule has 1 aliphatic rings. The van der Waals surface area contributed by atoms with Gasteiger partial charge in [0.2, 0.25) is 10.0 Å². The number of sulfonamides is 1. The van der Waals surface area contributed by atoms with Gasteiger partial charge in [-0.15, -0.1) is 12.4 Å². The molecule has 9 heteroatoms. The summed E-state index contributed by atoms with van der Waals surface area (Å²) in [5, 5.41) is 3.25. The van der Waals surface area contributed by atoms with Crippen molar-refractivity contribution in [1.29, 1.82) is 0 Å². The Morgan fingerprint density at radius 2 is 1.54 bits per heavy atom. The molecule has 2 aromatic rings. The van der Waals surface area contributed by atoms with Crippen molar-refractivity contribution in [3.8, 4) is 0 Å². The molecule has 0 radical (unpaired) electrons. The highest BCUT2D eigenvalue weighted by Crippen LogP contribution is 2.18. The Labute approximate surface area is 160 Å². The van der Waals surface area contributed by atoms with E-state index in [1.807, 2.05) is 18.2 Å². The average Bonchev–Trinajstić information content (AvgIpc) is 2.99. The van der Waals surface area contributed by atoms with Gasteiger partial charge in [-0.3, -0.25) is 0 Å². The van der Waals surface area contributed by atoms with Gasteiger partial charge in [0, 0.05) is 25.9 Å². The summed E-state index contributed by atoms with van der Waals surface area (Å²) in [4.78, 5) is 0.118. The second-order valence-corrected chi connectivity index (χ2v) is 10.2. The lowest BCUT2D eigenvalue weighted by Gasteiger charge is -2.09. The van der Waals surface area contributed by atoms with E-state index in [-0.39, 0.29) is 29.6 Å². The molecular weight excluding hydrogens is 396 g/mol. The third-order valence-corrected chi connectivity index (χ3v) is 6.31. The summed E-state index contributed by atoms with van der Waals surface area (Å²) < 4.78 is 49.9. The predicted molar refractivity (Wildman–Crippen MR) is 103 cm³/mol. The summed E-state index contributed by atoms with van der Waals surface area (Å²) in [5.74, 6) is -0.107. The maximum Gasteiger partial charge on any atom is 0.240 e. The second-order valence-electron chi connectivity index (χ2n) is 6.25. The van der Waals surface area contributed by atoms with Gasteiger partial charge in [-0.1, -0.05) is 30.3 Å². The van der Waals surface area contributed by atoms with E-state index in [4.69, 9.17) is 0 Å². The van der Waals surface area contributed by atoms with Crippen molar-refractivity contribution in [3.05, 3.63) is 64.7 Å². The summed E-state index contributed by atoms with van der Waals surface area (Å²) >= 11 is 0. The molecule has 0 bridgehead atoms. The number of sulfone groups is 1. The number of halogens is 1. The van der Waals surface area contributed by atoms with Crippen LogP contribution in [0.1, 0.15) is 22.3 Å². The Kier molecular flexibility index (Phi) is 6.46. The molecule has 142 valence electrons. The van der Waals surface area contributed by atoms with Gasteiger partial charge in [0.05, 0.1) is 10.6 Å². The first-order valence-electron chi connectivity index (χ1n) is 7.81. The van der Waals surface area contributed by atoms with Crippen LogP contribution in [0.4, 0.5) is 0 Å². The number of benzene rings is 2. The molecule has 0 fully saturated rings. The number of nitrogens with one attached hydrogen (secondary N) is 2. The topological polar surface area (TPSA) is 92.3 Å². The Morgan fingerprint density at radius 3 is 2.19 bits per heavy atom. The molecular formula is C17H21ClN2O4S2. The normalized spacial score (nSPS) is 13.9. The van der Waals surface area contributed by atoms with E-state index in [9.17, 15) is 16.8 Å². The third-order valence-electron chi connectivity index (χ3n) is 4.03. The maximum absolute atomic E-state index is 12.4. The predicted octanol–water partition coefficient (Wildman–Crippen LogP) is 1.73. The van der Waals surface area contributed by atoms with Crippen LogP contribution in [0.3, 0.4) is 0 Å². The average molecular weight is 417 g/mol. The highest BCUT2D eigenvalue weighted by atomic mass is 35.5. The van der Waals surface area contributed by atoms with Crippen molar-refractivity contribution in [3.63, 3.8) is 0 Å². The molecule has 2 N–H and O–H groups in total. The fraction of sp³-hybridized carbons (Fsp3) is 0.294. The SMILES string of the molecule is CS(=O)(=O)Cc1ccc(S(=O)(=O)NCc2ccc3c(c2)CNC3)cc1.Cl. The van der Waals surface area contributed by atoms with Crippen LogP contribution < -0.4 is 10.0 Å². The lowest BCUT2D eigenvalue weighted by molar-refractivity contribution is 0.581. The third kappa shape index (κ3) is 5.28. The van der Waals surface area contributed by atoms with Gasteiger partial charge in [0.1, 0.15) is 0 Å². The van der Waals surface area contributed by atoms with E-state index in [1.54, 1.807) is 0 Å². The molecule has 0 saturated carbocycles. The maximum atomic E-state index is 12.4. The second kappa shape index (κ2) is 8.06. The Hall–Kier alpha value is -1.45. The molecule has 0 amide bonds. The molecule has 0 saturated heterocycles. The zero-order chi connectivity index (χ0) is 18.1. The quantitative estimate of drug-likeness (QED) is 0.748. The first-order valence-corrected chi connectivity index (χ1v) is 11.3. The van der Waals surface area contributed by atoms with Crippen molar-refractivity contribution < 1.29 is 16.8 Å². The van der Waals surface area contributed by atoms with Crippen LogP contribution >= 0.6 is 12.4 Å². The van der Waals surface area contributed by atoms with Crippen molar-refractivity contribution >= 4 is 32.3 Å². The largest absolute Gasteiger partial charge is 0.309 e. The number of hydrogen-bond donors (Lipinski definition) is 2. The molecule has 1 heterocycles. The Bertz CT molecular complexity index is 988. The molecule has 0 aliphatic carbocycles. The summed E-state index contributed by atoms with van der Waals surface area (Å²) in [6.07, 6.45) is 1.14. The van der Waals surface area contributed by atoms with E-state index in [1.165, 1.54) is 35.4 Å². The summed E-state index contributed by atoms with van der Waals surface area (Å²) in [6, 6.07) is 11.8. The molecule has 0 unspecified atom stereocenters. The lowest BCUT2D eigenvalue weighted by Crippen LogP contribution is -2.23. The number of hydrogen-bond acceptors (Lipinski definition) is 5. The van der Waals surface area contributed by atoms with Gasteiger partial charge >= 0.3 is 0 Å². The fourth-order valence-corrected chi connectivity index (χ4v) is 4.60. The summed E-state index contributed by atoms with van der Waals surface area (Å²) in [6.45, 7) is 1.86. The zero-order valence-electron chi connectivity index (χ0n) is 14.2. The van der Waals surface area contributed by atoms with Crippen LogP contribution in [-0.4, -0.2) is 23.1 Å². The van der Waals surface area contributed by atoms with Crippen LogP contribution in [0.2, 0.25) is 0 Å². The van der Waals surface area contributed by atoms with E-state index < -0.39 is 19.9 Å². The van der Waals surface area contributed by atoms with Crippen molar-refractivity contribution in [2.75, 3.05) is 6.26 Å². The van der Waals surface area contributed by atoms with Gasteiger partial charge in [0.25, 0.3) is 0 Å². The van der Waals surface area contributed by atoms with Gasteiger partial charge in [-0.25, -0.2) is 21.6 Å². The van der Waals surface area contributed by atoms with Crippen molar-refractivity contribution in [1.82, 2.24) is 10.0 Å². The molecule has 1 aliphatic heterocycles. The first kappa shape index (κ1) is 20.9. The highest BCUT2D eigenvalue weighted by Gasteiger charge is 2.15. The van der Waals surface area contributed by atoms with Gasteiger partial charge in [-0.2, -0.15) is 0 Å². The first-order chi connectivity index (χ1) is 11.7. The standard InChI is InChI=1S/C17H20N2O4S2.ClH/c1-24(20,21)12-13-3-6-17(7-4-13)25(22,23)19-9-14-2-5-15-10-18-11-16(15)8-14;/h2-8,18-19H,9-12H2,1H3;1H. The van der Waals surface area contributed by atoms with Crippen LogP contribution in [-0.2, 0) is 45.2 Å². The van der Waals surface area contributed by atoms with Gasteiger partial charge in [-0.05, 0) is 34.4 Å². The smallest absolute Gasteiger partial charge is 0.240 e. The molecule has 0 atom stereocenters. The number of fused-ring (bicyclic) bond motifs is 1. The van der Waals surface area contributed by atoms with E-state index in [2.05, 4.69) is 10.0 Å². The summed E-state index contributed by atoms with van der Waals surface area (Å²) in [5.41, 5.74) is 3.90. The molecule has 26 heavy (non-hydrogen) atoms. The van der Waals surface area contributed by atoms with Crippen LogP contribution in [0, 0.1) is 0 Å². The van der Waals surface area contributed by atoms with Crippen molar-refractivity contribution in [2.24, 2.45) is 0 Å². The minimum atomic E-state index is -3.65. The molecule has 3 rings (SSSR count). The molecule has 0 aromatic heterocycles. The summed E-state index contributed by atoms with van der Waals surface area (Å²) in [7, 11) is -6.80. The lowest BCUT2D eigenvalue weighted by atomic mass is 10.1. The minimum Gasteiger partial charge on any atom is -0.309 e. The zero-order valence-corrected chi connectivity index (χ0v) is 16.7. The molecule has 2 aromatic carbocycles. The minimum absolute atomic E-state index is 0. The van der Waals surface area contributed by atoms with Crippen LogP contribution in [0.15, 0.2) is 47.4 Å². The Morgan fingerprint density at radius 1 is 0.923 bits per heavy atom. The Balaban J connectivity index is 0.00000243. The van der Waals surface area contributed by atoms with Gasteiger partial charge in [0.15, 0.2) is 9.84 Å². The molecule has 6 nitrogen and oxygen atoms in total. The fourth-order valence-electron chi connectivity index (χ4n) is 2.79. The van der Waals surface area contributed by atoms with Crippen LogP contribution in [0.5, 0.6) is 0 Å². The van der Waals surface area contributed by atoms with E-state index in [0.29, 0.717) is 5.56 Å². The number of rotatable bonds is 6. The van der Waals surface area contributed by atoms with Crippen LogP contribution in [0.25, 0.3) is 0 Å². The highest BCUT2D eigenvalue weighted by molar-refractivity contribution is 7.90. The monoisotopic (exact) mass is 416 g/mol. The molecule has 0 spiro atoms. The van der Waals surface area contributed by atoms with Gasteiger partial charge < -0.3 is 5.32 Å².